The van der Waals surface area contributed by atoms with Crippen LogP contribution in [0.3, 0.4) is 0 Å². The molecule has 0 radical (unpaired) electrons. The number of anilines is 5. The Kier molecular flexibility index (Phi) is 9.55. The van der Waals surface area contributed by atoms with Gasteiger partial charge in [-0.2, -0.15) is 4.98 Å². The summed E-state index contributed by atoms with van der Waals surface area (Å²) in [7, 11) is -0.445. The van der Waals surface area contributed by atoms with E-state index in [2.05, 4.69) is 91.4 Å². The van der Waals surface area contributed by atoms with E-state index in [0.717, 1.165) is 62.8 Å². The molecule has 48 heavy (non-hydrogen) atoms. The smallest absolute Gasteiger partial charge is 0.229 e. The predicted octanol–water partition coefficient (Wildman–Crippen LogP) is 7.49. The van der Waals surface area contributed by atoms with Crippen LogP contribution in [0.25, 0.3) is 10.9 Å². The monoisotopic (exact) mass is 730 g/mol. The van der Waals surface area contributed by atoms with Gasteiger partial charge in [-0.25, -0.2) is 4.98 Å². The van der Waals surface area contributed by atoms with Gasteiger partial charge in [0.2, 0.25) is 5.95 Å². The van der Waals surface area contributed by atoms with Gasteiger partial charge < -0.3 is 25.0 Å². The van der Waals surface area contributed by atoms with Gasteiger partial charge in [0.25, 0.3) is 0 Å². The number of hydrogen-bond donors (Lipinski definition) is 2. The van der Waals surface area contributed by atoms with E-state index in [1.165, 1.54) is 63.1 Å². The fourth-order valence-electron chi connectivity index (χ4n) is 7.36. The third kappa shape index (κ3) is 7.14. The molecule has 1 saturated carbocycles. The van der Waals surface area contributed by atoms with Gasteiger partial charge in [-0.3, -0.25) is 9.88 Å². The van der Waals surface area contributed by atoms with Crippen molar-refractivity contribution in [3.8, 4) is 0 Å². The molecule has 2 saturated heterocycles. The number of likely N-dealkylation sites (N-methyl/N-ethyl adjacent to an activating group) is 1. The maximum absolute atomic E-state index is 13.7. The highest BCUT2D eigenvalue weighted by Gasteiger charge is 2.29. The minimum Gasteiger partial charge on any atom is -0.371 e. The van der Waals surface area contributed by atoms with E-state index >= 15 is 0 Å². The first kappa shape index (κ1) is 33.5. The number of piperidine rings is 1. The summed E-state index contributed by atoms with van der Waals surface area (Å²) in [5.74, 6) is 1.67. The standard InChI is InChI=1S/C37H48BrN8OP/c1-6-25-22-33(24(2)21-34(25)46-15-13-27(14-16-46)45-19-17-44(3)18-20-45)42-37-39-23-29(38)36(43-37)41-32-12-11-31-28(35(32)48(4,5)47)9-10-30(40-31)26-7-8-26/h9-12,21-23,26-27H,6-8,13-20H2,1-5H3,(H2,39,41,42,43). The zero-order valence-corrected chi connectivity index (χ0v) is 31.4. The predicted molar refractivity (Wildman–Crippen MR) is 204 cm³/mol. The van der Waals surface area contributed by atoms with Crippen molar-refractivity contribution in [3.63, 3.8) is 0 Å². The summed E-state index contributed by atoms with van der Waals surface area (Å²) < 4.78 is 14.4. The Labute approximate surface area is 293 Å². The number of fused-ring (bicyclic) bond motifs is 1. The van der Waals surface area contributed by atoms with Gasteiger partial charge >= 0.3 is 0 Å². The van der Waals surface area contributed by atoms with Gasteiger partial charge in [-0.1, -0.05) is 13.0 Å². The zero-order chi connectivity index (χ0) is 33.6. The lowest BCUT2D eigenvalue weighted by Gasteiger charge is -2.43. The van der Waals surface area contributed by atoms with Crippen LogP contribution in [0.15, 0.2) is 47.1 Å². The van der Waals surface area contributed by atoms with Crippen LogP contribution in [-0.2, 0) is 11.0 Å². The summed E-state index contributed by atoms with van der Waals surface area (Å²) in [6.07, 6.45) is 7.54. The first-order valence-electron chi connectivity index (χ1n) is 17.4. The van der Waals surface area contributed by atoms with Crippen molar-refractivity contribution >= 4 is 68.1 Å². The Morgan fingerprint density at radius 1 is 0.917 bits per heavy atom. The van der Waals surface area contributed by atoms with Crippen molar-refractivity contribution in [2.45, 2.75) is 57.9 Å². The van der Waals surface area contributed by atoms with E-state index in [-0.39, 0.29) is 0 Å². The molecule has 0 atom stereocenters. The number of benzene rings is 2. The van der Waals surface area contributed by atoms with Crippen LogP contribution in [0.2, 0.25) is 0 Å². The Morgan fingerprint density at radius 3 is 2.35 bits per heavy atom. The van der Waals surface area contributed by atoms with Crippen LogP contribution in [0.5, 0.6) is 0 Å². The van der Waals surface area contributed by atoms with E-state index in [1.54, 1.807) is 6.20 Å². The van der Waals surface area contributed by atoms with Crippen molar-refractivity contribution < 1.29 is 4.57 Å². The normalized spacial score (nSPS) is 18.4. The number of pyridine rings is 1. The van der Waals surface area contributed by atoms with Crippen LogP contribution in [0.1, 0.15) is 55.3 Å². The molecule has 0 unspecified atom stereocenters. The lowest BCUT2D eigenvalue weighted by molar-refractivity contribution is 0.0982. The molecule has 254 valence electrons. The molecule has 3 aliphatic rings. The van der Waals surface area contributed by atoms with Gasteiger partial charge in [0.15, 0.2) is 0 Å². The second kappa shape index (κ2) is 13.7. The summed E-state index contributed by atoms with van der Waals surface area (Å²) in [5.41, 5.74) is 7.64. The van der Waals surface area contributed by atoms with Crippen LogP contribution in [0, 0.1) is 6.92 Å². The average Bonchev–Trinajstić information content (AvgIpc) is 3.92. The molecule has 4 heterocycles. The second-order valence-electron chi connectivity index (χ2n) is 14.2. The number of halogens is 1. The van der Waals surface area contributed by atoms with Gasteiger partial charge in [0.05, 0.1) is 15.7 Å². The summed E-state index contributed by atoms with van der Waals surface area (Å²) in [6, 6.07) is 13.5. The van der Waals surface area contributed by atoms with E-state index in [4.69, 9.17) is 9.97 Å². The van der Waals surface area contributed by atoms with Gasteiger partial charge in [-0.05, 0) is 117 Å². The lowest BCUT2D eigenvalue weighted by atomic mass is 9.98. The summed E-state index contributed by atoms with van der Waals surface area (Å²) in [4.78, 5) is 22.1. The van der Waals surface area contributed by atoms with Crippen molar-refractivity contribution in [3.05, 3.63) is 63.9 Å². The van der Waals surface area contributed by atoms with Crippen molar-refractivity contribution in [1.82, 2.24) is 24.8 Å². The third-order valence-corrected chi connectivity index (χ3v) is 12.4. The number of nitrogens with one attached hydrogen (secondary N) is 2. The summed E-state index contributed by atoms with van der Waals surface area (Å²) >= 11 is 3.65. The highest BCUT2D eigenvalue weighted by atomic mass is 79.9. The van der Waals surface area contributed by atoms with E-state index in [0.29, 0.717) is 23.7 Å². The molecule has 2 aromatic carbocycles. The van der Waals surface area contributed by atoms with Crippen molar-refractivity contribution in [2.24, 2.45) is 0 Å². The molecule has 11 heteroatoms. The summed E-state index contributed by atoms with van der Waals surface area (Å²) in [5, 5.41) is 8.70. The minimum absolute atomic E-state index is 0.501. The largest absolute Gasteiger partial charge is 0.371 e. The molecular weight excluding hydrogens is 683 g/mol. The van der Waals surface area contributed by atoms with Crippen molar-refractivity contribution in [2.75, 3.05) is 75.2 Å². The summed E-state index contributed by atoms with van der Waals surface area (Å²) in [6.45, 7) is 14.9. The molecule has 9 nitrogen and oxygen atoms in total. The molecule has 2 aliphatic heterocycles. The van der Waals surface area contributed by atoms with E-state index in [9.17, 15) is 4.57 Å². The zero-order valence-electron chi connectivity index (χ0n) is 28.9. The van der Waals surface area contributed by atoms with Gasteiger partial charge in [-0.15, -0.1) is 0 Å². The molecular formula is C37H48BrN8OP. The Morgan fingerprint density at radius 2 is 1.67 bits per heavy atom. The Balaban J connectivity index is 1.10. The number of nitrogens with zero attached hydrogens (tertiary/aromatic N) is 6. The van der Waals surface area contributed by atoms with Crippen LogP contribution in [-0.4, -0.2) is 90.4 Å². The topological polar surface area (TPSA) is 89.5 Å². The SMILES string of the molecule is CCc1cc(Nc2ncc(Br)c(Nc3ccc4nc(C5CC5)ccc4c3P(C)(C)=O)n2)c(C)cc1N1CCC(N2CCN(C)CC2)CC1. The number of aryl methyl sites for hydroxylation is 2. The van der Waals surface area contributed by atoms with Crippen LogP contribution in [0.4, 0.5) is 28.8 Å². The molecule has 3 fully saturated rings. The Hall–Kier alpha value is -3.04. The molecule has 0 bridgehead atoms. The lowest BCUT2D eigenvalue weighted by Crippen LogP contribution is -2.52. The number of hydrogen-bond acceptors (Lipinski definition) is 9. The highest BCUT2D eigenvalue weighted by Crippen LogP contribution is 2.44. The first-order chi connectivity index (χ1) is 23.1. The molecule has 2 N–H and O–H groups in total. The molecule has 0 amide bonds. The molecule has 2 aromatic heterocycles. The minimum atomic E-state index is -2.67. The molecule has 7 rings (SSSR count). The quantitative estimate of drug-likeness (QED) is 0.170. The maximum Gasteiger partial charge on any atom is 0.229 e. The van der Waals surface area contributed by atoms with Crippen LogP contribution >= 0.6 is 23.1 Å². The van der Waals surface area contributed by atoms with Crippen LogP contribution < -0.4 is 20.8 Å². The number of rotatable bonds is 9. The number of aromatic nitrogens is 3. The fourth-order valence-corrected chi connectivity index (χ4v) is 9.13. The third-order valence-electron chi connectivity index (χ3n) is 10.3. The molecule has 1 aliphatic carbocycles. The fraction of sp³-hybridized carbons (Fsp3) is 0.486. The van der Waals surface area contributed by atoms with Gasteiger partial charge in [0.1, 0.15) is 13.0 Å². The first-order valence-corrected chi connectivity index (χ1v) is 20.8. The van der Waals surface area contributed by atoms with E-state index < -0.39 is 7.14 Å². The second-order valence-corrected chi connectivity index (χ2v) is 18.2. The average molecular weight is 732 g/mol. The van der Waals surface area contributed by atoms with Gasteiger partial charge in [0, 0.05) is 85.2 Å². The van der Waals surface area contributed by atoms with E-state index in [1.807, 2.05) is 25.5 Å². The number of piperazine rings is 1. The highest BCUT2D eigenvalue weighted by molar-refractivity contribution is 9.10. The van der Waals surface area contributed by atoms with Crippen molar-refractivity contribution in [1.29, 1.82) is 0 Å². The molecule has 0 spiro atoms. The maximum atomic E-state index is 13.7. The Bertz CT molecular complexity index is 1860. The molecule has 4 aromatic rings.